The molecule has 0 spiro atoms. The van der Waals surface area contributed by atoms with Gasteiger partial charge in [-0.25, -0.2) is 4.39 Å². The molecule has 1 rings (SSSR count). The quantitative estimate of drug-likeness (QED) is 0.644. The Balaban J connectivity index is 3.01. The number of hydrogen-bond donors (Lipinski definition) is 1. The number of carbonyl (C=O) groups excluding carboxylic acids is 1. The number of nitrogens with two attached hydrogens (primary N) is 1. The van der Waals surface area contributed by atoms with E-state index < -0.39 is 5.82 Å². The van der Waals surface area contributed by atoms with E-state index in [1.165, 1.54) is 18.2 Å². The minimum Gasteiger partial charge on any atom is -0.398 e. The summed E-state index contributed by atoms with van der Waals surface area (Å²) in [7, 11) is 0. The lowest BCUT2D eigenvalue weighted by molar-refractivity contribution is 0.0779. The van der Waals surface area contributed by atoms with Crippen molar-refractivity contribution in [2.75, 3.05) is 18.8 Å². The van der Waals surface area contributed by atoms with Crippen LogP contribution >= 0.6 is 0 Å². The maximum absolute atomic E-state index is 13.1. The molecule has 0 atom stereocenters. The van der Waals surface area contributed by atoms with Gasteiger partial charge in [-0.15, -0.1) is 0 Å². The number of likely N-dealkylation sites (N-methyl/N-ethyl adjacent to an activating group) is 1. The monoisotopic (exact) mass is 236 g/mol. The van der Waals surface area contributed by atoms with Crippen LogP contribution in [0.2, 0.25) is 0 Å². The first-order valence-corrected chi connectivity index (χ1v) is 5.44. The van der Waals surface area contributed by atoms with E-state index in [1.54, 1.807) is 4.90 Å². The van der Waals surface area contributed by atoms with Crippen molar-refractivity contribution in [1.82, 2.24) is 4.90 Å². The molecule has 1 aromatic carbocycles. The summed E-state index contributed by atoms with van der Waals surface area (Å²) in [6.07, 6.45) is 0. The average molecular weight is 236 g/mol. The third-order valence-corrected chi connectivity index (χ3v) is 2.38. The Kier molecular flexibility index (Phi) is 4.26. The van der Waals surface area contributed by atoms with Crippen molar-refractivity contribution in [3.63, 3.8) is 0 Å². The van der Waals surface area contributed by atoms with Crippen LogP contribution in [0.1, 0.15) is 24.2 Å². The first kappa shape index (κ1) is 13.2. The van der Waals surface area contributed by atoms with Crippen molar-refractivity contribution < 1.29 is 9.18 Å². The smallest absolute Gasteiger partial charge is 0.256 e. The molecule has 92 valence electrons. The Morgan fingerprint density at radius 3 is 2.71 bits per heavy atom. The molecule has 0 aliphatic heterocycles. The molecule has 1 aromatic rings. The topological polar surface area (TPSA) is 46.3 Å². The highest BCUT2D eigenvalue weighted by molar-refractivity contribution is 5.99. The van der Waals surface area contributed by atoms with Gasteiger partial charge in [0.15, 0.2) is 0 Å². The molecule has 0 saturated carbocycles. The summed E-state index contributed by atoms with van der Waals surface area (Å²) in [4.78, 5) is 13.7. The summed E-state index contributed by atoms with van der Waals surface area (Å²) in [5.41, 5.74) is 7.04. The average Bonchev–Trinajstić information content (AvgIpc) is 2.28. The van der Waals surface area contributed by atoms with Crippen LogP contribution < -0.4 is 5.73 Å². The van der Waals surface area contributed by atoms with Crippen molar-refractivity contribution in [1.29, 1.82) is 0 Å². The lowest BCUT2D eigenvalue weighted by Crippen LogP contribution is -2.32. The van der Waals surface area contributed by atoms with Gasteiger partial charge >= 0.3 is 0 Å². The van der Waals surface area contributed by atoms with Crippen molar-refractivity contribution in [3.05, 3.63) is 41.7 Å². The van der Waals surface area contributed by atoms with Crippen molar-refractivity contribution in [2.45, 2.75) is 13.8 Å². The number of rotatable bonds is 4. The van der Waals surface area contributed by atoms with E-state index in [0.29, 0.717) is 13.1 Å². The minimum atomic E-state index is -0.464. The number of carbonyl (C=O) groups is 1. The maximum atomic E-state index is 13.1. The molecule has 0 aliphatic rings. The number of hydrogen-bond acceptors (Lipinski definition) is 2. The summed E-state index contributed by atoms with van der Waals surface area (Å²) < 4.78 is 13.1. The molecule has 0 bridgehead atoms. The number of halogens is 1. The van der Waals surface area contributed by atoms with Gasteiger partial charge in [0.2, 0.25) is 0 Å². The van der Waals surface area contributed by atoms with E-state index >= 15 is 0 Å². The van der Waals surface area contributed by atoms with Gasteiger partial charge in [0.05, 0.1) is 5.56 Å². The van der Waals surface area contributed by atoms with Crippen LogP contribution in [-0.2, 0) is 0 Å². The highest BCUT2D eigenvalue weighted by Gasteiger charge is 2.17. The maximum Gasteiger partial charge on any atom is 0.256 e. The molecule has 0 fully saturated rings. The molecule has 0 aromatic heterocycles. The molecule has 17 heavy (non-hydrogen) atoms. The number of benzene rings is 1. The number of nitrogen functional groups attached to an aromatic ring is 1. The summed E-state index contributed by atoms with van der Waals surface area (Å²) in [5.74, 6) is -0.735. The Morgan fingerprint density at radius 1 is 1.53 bits per heavy atom. The Morgan fingerprint density at radius 2 is 2.18 bits per heavy atom. The van der Waals surface area contributed by atoms with E-state index in [4.69, 9.17) is 5.73 Å². The Bertz CT molecular complexity index is 443. The second-order valence-corrected chi connectivity index (χ2v) is 4.01. The zero-order valence-electron chi connectivity index (χ0n) is 10.2. The molecule has 4 heteroatoms. The summed E-state index contributed by atoms with van der Waals surface area (Å²) >= 11 is 0. The van der Waals surface area contributed by atoms with E-state index in [0.717, 1.165) is 5.57 Å². The second-order valence-electron chi connectivity index (χ2n) is 4.01. The van der Waals surface area contributed by atoms with Gasteiger partial charge in [0.1, 0.15) is 5.82 Å². The fourth-order valence-electron chi connectivity index (χ4n) is 1.54. The third kappa shape index (κ3) is 3.31. The fourth-order valence-corrected chi connectivity index (χ4v) is 1.54. The van der Waals surface area contributed by atoms with Crippen LogP contribution in [0.25, 0.3) is 0 Å². The van der Waals surface area contributed by atoms with E-state index in [9.17, 15) is 9.18 Å². The summed E-state index contributed by atoms with van der Waals surface area (Å²) in [6.45, 7) is 8.43. The van der Waals surface area contributed by atoms with E-state index in [-0.39, 0.29) is 17.2 Å². The first-order chi connectivity index (χ1) is 7.95. The molecule has 3 nitrogen and oxygen atoms in total. The van der Waals surface area contributed by atoms with Crippen molar-refractivity contribution in [2.24, 2.45) is 0 Å². The van der Waals surface area contributed by atoms with Crippen molar-refractivity contribution >= 4 is 11.6 Å². The van der Waals surface area contributed by atoms with Crippen molar-refractivity contribution in [3.8, 4) is 0 Å². The third-order valence-electron chi connectivity index (χ3n) is 2.38. The lowest BCUT2D eigenvalue weighted by atomic mass is 10.1. The molecular formula is C13H17FN2O. The zero-order chi connectivity index (χ0) is 13.0. The molecule has 0 saturated heterocycles. The standard InChI is InChI=1S/C13H17FN2O/c1-4-16(8-9(2)3)13(17)11-7-10(14)5-6-12(11)15/h5-7H,2,4,8,15H2,1,3H3. The van der Waals surface area contributed by atoms with Crippen LogP contribution in [0, 0.1) is 5.82 Å². The molecule has 1 amide bonds. The highest BCUT2D eigenvalue weighted by Crippen LogP contribution is 2.16. The van der Waals surface area contributed by atoms with Crippen LogP contribution in [0.15, 0.2) is 30.4 Å². The predicted molar refractivity (Wildman–Crippen MR) is 67.2 cm³/mol. The highest BCUT2D eigenvalue weighted by atomic mass is 19.1. The Labute approximate surface area is 101 Å². The lowest BCUT2D eigenvalue weighted by Gasteiger charge is -2.21. The number of anilines is 1. The van der Waals surface area contributed by atoms with E-state index in [2.05, 4.69) is 6.58 Å². The largest absolute Gasteiger partial charge is 0.398 e. The van der Waals surface area contributed by atoms with Gasteiger partial charge in [-0.2, -0.15) is 0 Å². The van der Waals surface area contributed by atoms with Gasteiger partial charge < -0.3 is 10.6 Å². The first-order valence-electron chi connectivity index (χ1n) is 5.44. The van der Waals surface area contributed by atoms with Gasteiger partial charge in [-0.1, -0.05) is 12.2 Å². The molecular weight excluding hydrogens is 219 g/mol. The summed E-state index contributed by atoms with van der Waals surface area (Å²) in [6, 6.07) is 3.80. The normalized spacial score (nSPS) is 10.1. The van der Waals surface area contributed by atoms with Gasteiger partial charge in [0.25, 0.3) is 5.91 Å². The summed E-state index contributed by atoms with van der Waals surface area (Å²) in [5, 5.41) is 0. The number of amides is 1. The zero-order valence-corrected chi connectivity index (χ0v) is 10.2. The second kappa shape index (κ2) is 5.48. The fraction of sp³-hybridized carbons (Fsp3) is 0.308. The molecule has 0 radical (unpaired) electrons. The van der Waals surface area contributed by atoms with Crippen LogP contribution in [0.5, 0.6) is 0 Å². The molecule has 2 N–H and O–H groups in total. The van der Waals surface area contributed by atoms with E-state index in [1.807, 2.05) is 13.8 Å². The minimum absolute atomic E-state index is 0.202. The van der Waals surface area contributed by atoms with Crippen LogP contribution in [-0.4, -0.2) is 23.9 Å². The Hall–Kier alpha value is -1.84. The van der Waals surface area contributed by atoms with Gasteiger partial charge in [0, 0.05) is 18.8 Å². The van der Waals surface area contributed by atoms with Crippen LogP contribution in [0.4, 0.5) is 10.1 Å². The predicted octanol–water partition coefficient (Wildman–Crippen LogP) is 2.45. The molecule has 0 aliphatic carbocycles. The molecule has 0 heterocycles. The number of nitrogens with zero attached hydrogens (tertiary/aromatic N) is 1. The van der Waals surface area contributed by atoms with Gasteiger partial charge in [-0.05, 0) is 32.0 Å². The molecule has 0 unspecified atom stereocenters. The van der Waals surface area contributed by atoms with Gasteiger partial charge in [-0.3, -0.25) is 4.79 Å². The SMILES string of the molecule is C=C(C)CN(CC)C(=O)c1cc(F)ccc1N. The van der Waals surface area contributed by atoms with Crippen LogP contribution in [0.3, 0.4) is 0 Å².